The van der Waals surface area contributed by atoms with Crippen LogP contribution in [0.15, 0.2) is 12.3 Å². The van der Waals surface area contributed by atoms with Gasteiger partial charge in [0.2, 0.25) is 0 Å². The van der Waals surface area contributed by atoms with Crippen LogP contribution in [0.1, 0.15) is 0 Å². The molecule has 0 heterocycles. The first-order valence-corrected chi connectivity index (χ1v) is 6.16. The quantitative estimate of drug-likeness (QED) is 0.260. The van der Waals surface area contributed by atoms with Crippen molar-refractivity contribution >= 4 is 5.97 Å². The van der Waals surface area contributed by atoms with E-state index in [4.69, 9.17) is 24.1 Å². The van der Waals surface area contributed by atoms with Gasteiger partial charge in [0.1, 0.15) is 6.61 Å². The first-order valence-electron chi connectivity index (χ1n) is 6.16. The number of hydrogen-bond acceptors (Lipinski definition) is 6. The molecule has 112 valence electrons. The first-order chi connectivity index (χ1) is 9.27. The molecule has 0 rings (SSSR count). The second-order valence-electron chi connectivity index (χ2n) is 3.45. The van der Waals surface area contributed by atoms with E-state index in [1.807, 2.05) is 7.05 Å². The van der Waals surface area contributed by atoms with E-state index in [-0.39, 0.29) is 0 Å². The molecule has 0 aromatic heterocycles. The topological polar surface area (TPSA) is 86.3 Å². The molecule has 0 radical (unpaired) electrons. The fourth-order valence-corrected chi connectivity index (χ4v) is 0.998. The van der Waals surface area contributed by atoms with Crippen LogP contribution < -0.4 is 5.32 Å². The average Bonchev–Trinajstić information content (AvgIpc) is 2.39. The summed E-state index contributed by atoms with van der Waals surface area (Å²) < 4.78 is 20.6. The Labute approximate surface area is 113 Å². The lowest BCUT2D eigenvalue weighted by molar-refractivity contribution is -0.131. The number of carboxylic acid groups (broad SMARTS) is 1. The Hall–Kier alpha value is -1.15. The van der Waals surface area contributed by atoms with Gasteiger partial charge in [0.25, 0.3) is 0 Å². The van der Waals surface area contributed by atoms with Gasteiger partial charge in [-0.25, -0.2) is 4.79 Å². The summed E-state index contributed by atoms with van der Waals surface area (Å²) in [6.07, 6.45) is 2.06. The Kier molecular flexibility index (Phi) is 14.0. The minimum Gasteiger partial charge on any atom is -0.499 e. The zero-order valence-corrected chi connectivity index (χ0v) is 11.3. The molecule has 0 aliphatic carbocycles. The summed E-state index contributed by atoms with van der Waals surface area (Å²) in [6.45, 7) is 4.32. The Bertz CT molecular complexity index is 234. The van der Waals surface area contributed by atoms with E-state index in [1.165, 1.54) is 0 Å². The molecule has 0 unspecified atom stereocenters. The summed E-state index contributed by atoms with van der Waals surface area (Å²) >= 11 is 0. The molecule has 0 aromatic carbocycles. The van der Waals surface area contributed by atoms with E-state index in [1.54, 1.807) is 0 Å². The Morgan fingerprint density at radius 1 is 1.00 bits per heavy atom. The standard InChI is InChI=1S/C12H23NO6/c1-13-3-5-17-7-9-19-11-10-18-8-6-16-4-2-12(14)15/h2,4,13H,3,5-11H2,1H3,(H,14,15)/b4-2+. The molecule has 0 aromatic rings. The summed E-state index contributed by atoms with van der Waals surface area (Å²) in [7, 11) is 1.87. The van der Waals surface area contributed by atoms with Gasteiger partial charge in [-0.1, -0.05) is 0 Å². The number of carboxylic acids is 1. The minimum absolute atomic E-state index is 0.316. The van der Waals surface area contributed by atoms with Crippen molar-refractivity contribution in [3.8, 4) is 0 Å². The van der Waals surface area contributed by atoms with Gasteiger partial charge in [0.15, 0.2) is 0 Å². The maximum atomic E-state index is 10.1. The average molecular weight is 277 g/mol. The molecule has 7 nitrogen and oxygen atoms in total. The summed E-state index contributed by atoms with van der Waals surface area (Å²) in [5, 5.41) is 11.3. The van der Waals surface area contributed by atoms with Crippen LogP contribution in [0.2, 0.25) is 0 Å². The predicted molar refractivity (Wildman–Crippen MR) is 69.1 cm³/mol. The van der Waals surface area contributed by atoms with Gasteiger partial charge in [0.05, 0.1) is 52.0 Å². The molecule has 0 bridgehead atoms. The van der Waals surface area contributed by atoms with E-state index < -0.39 is 5.97 Å². The highest BCUT2D eigenvalue weighted by Gasteiger charge is 1.92. The summed E-state index contributed by atoms with van der Waals surface area (Å²) in [5.41, 5.74) is 0. The third-order valence-electron chi connectivity index (χ3n) is 1.89. The van der Waals surface area contributed by atoms with E-state index in [0.29, 0.717) is 46.2 Å². The molecule has 0 amide bonds. The maximum Gasteiger partial charge on any atom is 0.331 e. The number of carbonyl (C=O) groups is 1. The van der Waals surface area contributed by atoms with Crippen molar-refractivity contribution in [2.75, 3.05) is 59.8 Å². The third-order valence-corrected chi connectivity index (χ3v) is 1.89. The van der Waals surface area contributed by atoms with Crippen LogP contribution in [0.25, 0.3) is 0 Å². The smallest absolute Gasteiger partial charge is 0.331 e. The van der Waals surface area contributed by atoms with Crippen molar-refractivity contribution in [2.45, 2.75) is 0 Å². The van der Waals surface area contributed by atoms with Gasteiger partial charge >= 0.3 is 5.97 Å². The van der Waals surface area contributed by atoms with Crippen LogP contribution in [0.3, 0.4) is 0 Å². The molecule has 0 aliphatic heterocycles. The zero-order valence-electron chi connectivity index (χ0n) is 11.3. The molecule has 0 fully saturated rings. The van der Waals surface area contributed by atoms with Crippen molar-refractivity contribution < 1.29 is 28.8 Å². The van der Waals surface area contributed by atoms with Gasteiger partial charge in [-0.3, -0.25) is 0 Å². The normalized spacial score (nSPS) is 11.0. The molecular formula is C12H23NO6. The van der Waals surface area contributed by atoms with Crippen molar-refractivity contribution in [1.82, 2.24) is 5.32 Å². The van der Waals surface area contributed by atoms with Crippen molar-refractivity contribution in [3.63, 3.8) is 0 Å². The Balaban J connectivity index is 3.01. The number of nitrogens with one attached hydrogen (secondary N) is 1. The number of ether oxygens (including phenoxy) is 4. The zero-order chi connectivity index (χ0) is 14.2. The molecule has 2 N–H and O–H groups in total. The molecule has 7 heteroatoms. The summed E-state index contributed by atoms with van der Waals surface area (Å²) in [5.74, 6) is -1.04. The SMILES string of the molecule is CNCCOCCOCCOCCO/C=C/C(=O)O. The van der Waals surface area contributed by atoms with Gasteiger partial charge in [-0.15, -0.1) is 0 Å². The molecule has 0 aliphatic rings. The highest BCUT2D eigenvalue weighted by molar-refractivity contribution is 5.79. The first kappa shape index (κ1) is 17.8. The largest absolute Gasteiger partial charge is 0.499 e. The lowest BCUT2D eigenvalue weighted by atomic mass is 10.6. The van der Waals surface area contributed by atoms with Crippen LogP contribution in [0.5, 0.6) is 0 Å². The molecule has 19 heavy (non-hydrogen) atoms. The fraction of sp³-hybridized carbons (Fsp3) is 0.750. The van der Waals surface area contributed by atoms with E-state index in [9.17, 15) is 4.79 Å². The summed E-state index contributed by atoms with van der Waals surface area (Å²) in [6, 6.07) is 0. The van der Waals surface area contributed by atoms with E-state index in [0.717, 1.165) is 18.9 Å². The summed E-state index contributed by atoms with van der Waals surface area (Å²) in [4.78, 5) is 10.1. The van der Waals surface area contributed by atoms with Crippen LogP contribution in [0.4, 0.5) is 0 Å². The van der Waals surface area contributed by atoms with E-state index in [2.05, 4.69) is 5.32 Å². The monoisotopic (exact) mass is 277 g/mol. The molecule has 0 spiro atoms. The second kappa shape index (κ2) is 14.9. The Morgan fingerprint density at radius 3 is 2.05 bits per heavy atom. The predicted octanol–water partition coefficient (Wildman–Crippen LogP) is -0.129. The molecule has 0 atom stereocenters. The number of aliphatic carboxylic acids is 1. The molecule has 0 saturated carbocycles. The highest BCUT2D eigenvalue weighted by atomic mass is 16.6. The third kappa shape index (κ3) is 16.9. The lowest BCUT2D eigenvalue weighted by Crippen LogP contribution is -2.16. The minimum atomic E-state index is -1.04. The van der Waals surface area contributed by atoms with Gasteiger partial charge in [-0.2, -0.15) is 0 Å². The van der Waals surface area contributed by atoms with Crippen LogP contribution in [-0.2, 0) is 23.7 Å². The van der Waals surface area contributed by atoms with Crippen LogP contribution in [-0.4, -0.2) is 70.9 Å². The van der Waals surface area contributed by atoms with Crippen molar-refractivity contribution in [2.24, 2.45) is 0 Å². The van der Waals surface area contributed by atoms with Crippen LogP contribution in [0, 0.1) is 0 Å². The van der Waals surface area contributed by atoms with Crippen molar-refractivity contribution in [1.29, 1.82) is 0 Å². The van der Waals surface area contributed by atoms with Gasteiger partial charge in [-0.05, 0) is 7.05 Å². The number of likely N-dealkylation sites (N-methyl/N-ethyl adjacent to an activating group) is 1. The second-order valence-corrected chi connectivity index (χ2v) is 3.45. The lowest BCUT2D eigenvalue weighted by Gasteiger charge is -2.06. The molecule has 0 saturated heterocycles. The highest BCUT2D eigenvalue weighted by Crippen LogP contribution is 1.83. The van der Waals surface area contributed by atoms with E-state index >= 15 is 0 Å². The van der Waals surface area contributed by atoms with Crippen LogP contribution >= 0.6 is 0 Å². The van der Waals surface area contributed by atoms with Gasteiger partial charge < -0.3 is 29.4 Å². The molecular weight excluding hydrogens is 254 g/mol. The fourth-order valence-electron chi connectivity index (χ4n) is 0.998. The van der Waals surface area contributed by atoms with Gasteiger partial charge in [0, 0.05) is 6.54 Å². The Morgan fingerprint density at radius 2 is 1.53 bits per heavy atom. The maximum absolute atomic E-state index is 10.1. The number of rotatable bonds is 14. The van der Waals surface area contributed by atoms with Crippen molar-refractivity contribution in [3.05, 3.63) is 12.3 Å². The number of hydrogen-bond donors (Lipinski definition) is 2.